The Bertz CT molecular complexity index is 955. The molecule has 3 heteroatoms. The topological polar surface area (TPSA) is 0 Å². The van der Waals surface area contributed by atoms with Crippen LogP contribution < -0.4 is 0 Å². The van der Waals surface area contributed by atoms with Gasteiger partial charge in [-0.25, -0.2) is 0 Å². The van der Waals surface area contributed by atoms with Crippen LogP contribution in [0.1, 0.15) is 99.7 Å². The minimum absolute atomic E-state index is 0.0965. The number of aryl methyl sites for hydroxylation is 1. The summed E-state index contributed by atoms with van der Waals surface area (Å²) in [4.78, 5) is 0. The number of halogens is 2. The van der Waals surface area contributed by atoms with Gasteiger partial charge in [0.25, 0.3) is 0 Å². The van der Waals surface area contributed by atoms with Crippen LogP contribution in [-0.2, 0) is 36.6 Å². The van der Waals surface area contributed by atoms with Gasteiger partial charge in [-0.3, -0.25) is 0 Å². The Balaban J connectivity index is 2.34. The Morgan fingerprint density at radius 3 is 1.90 bits per heavy atom. The number of hydrogen-bond donors (Lipinski definition) is 0. The second-order valence-electron chi connectivity index (χ2n) is 10.9. The molecule has 0 bridgehead atoms. The number of allylic oxidation sites excluding steroid dienone is 1. The van der Waals surface area contributed by atoms with Gasteiger partial charge in [0.15, 0.2) is 0 Å². The fourth-order valence-electron chi connectivity index (χ4n) is 4.59. The van der Waals surface area contributed by atoms with E-state index in [1.165, 1.54) is 44.5 Å². The molecule has 0 N–H and O–H groups in total. The van der Waals surface area contributed by atoms with E-state index < -0.39 is 19.4 Å². The van der Waals surface area contributed by atoms with Gasteiger partial charge in [0.1, 0.15) is 0 Å². The molecule has 1 unspecified atom stereocenters. The molecule has 1 aliphatic carbocycles. The summed E-state index contributed by atoms with van der Waals surface area (Å²) in [6, 6.07) is 11.9. The number of hydrogen-bond acceptors (Lipinski definition) is 0. The van der Waals surface area contributed by atoms with Crippen LogP contribution in [0, 0.1) is 0 Å². The van der Waals surface area contributed by atoms with Gasteiger partial charge in [-0.2, -0.15) is 0 Å². The van der Waals surface area contributed by atoms with Gasteiger partial charge in [0.2, 0.25) is 0 Å². The molecule has 2 aromatic carbocycles. The van der Waals surface area contributed by atoms with Crippen molar-refractivity contribution >= 4 is 23.1 Å². The monoisotopic (exact) mass is 533 g/mol. The normalized spacial score (nSPS) is 16.3. The molecule has 1 aliphatic rings. The summed E-state index contributed by atoms with van der Waals surface area (Å²) in [6.07, 6.45) is 5.66. The third kappa shape index (κ3) is 5.26. The Morgan fingerprint density at radius 1 is 0.871 bits per heavy atom. The molecule has 0 spiro atoms. The molecule has 0 saturated carbocycles. The van der Waals surface area contributed by atoms with Crippen LogP contribution in [0.5, 0.6) is 0 Å². The number of benzene rings is 2. The zero-order chi connectivity index (χ0) is 23.1. The first-order chi connectivity index (χ1) is 14.4. The van der Waals surface area contributed by atoms with E-state index in [1.807, 2.05) is 0 Å². The Hall–Kier alpha value is -0.357. The summed E-state index contributed by atoms with van der Waals surface area (Å²) in [7, 11) is 13.4. The van der Waals surface area contributed by atoms with Crippen molar-refractivity contribution in [2.24, 2.45) is 0 Å². The van der Waals surface area contributed by atoms with Crippen molar-refractivity contribution in [2.75, 3.05) is 0 Å². The van der Waals surface area contributed by atoms with Crippen LogP contribution in [0.2, 0.25) is 0 Å². The molecule has 0 nitrogen and oxygen atoms in total. The molecule has 0 aromatic heterocycles. The van der Waals surface area contributed by atoms with E-state index in [1.54, 1.807) is 0 Å². The molecule has 0 fully saturated rings. The second-order valence-corrected chi connectivity index (χ2v) is 19.8. The fraction of sp³-hybridized carbons (Fsp3) is 0.500. The predicted octanol–water partition coefficient (Wildman–Crippen LogP) is 9.67. The van der Waals surface area contributed by atoms with Gasteiger partial charge >= 0.3 is 206 Å². The van der Waals surface area contributed by atoms with Crippen molar-refractivity contribution in [3.8, 4) is 11.1 Å². The average molecular weight is 536 g/mol. The molecular formula is C28H37Cl2Zr. The van der Waals surface area contributed by atoms with Crippen LogP contribution in [0.3, 0.4) is 0 Å². The van der Waals surface area contributed by atoms with E-state index in [0.29, 0.717) is 3.63 Å². The fourth-order valence-corrected chi connectivity index (χ4v) is 10.1. The molecule has 2 aromatic rings. The summed E-state index contributed by atoms with van der Waals surface area (Å²) in [5, 5.41) is 0. The van der Waals surface area contributed by atoms with Gasteiger partial charge < -0.3 is 0 Å². The number of fused-ring (bicyclic) bond motifs is 1. The van der Waals surface area contributed by atoms with Gasteiger partial charge in [0.05, 0.1) is 0 Å². The maximum atomic E-state index is 6.71. The molecule has 0 amide bonds. The average Bonchev–Trinajstić information content (AvgIpc) is 3.03. The summed E-state index contributed by atoms with van der Waals surface area (Å²) in [5.41, 5.74) is 11.3. The minimum atomic E-state index is -2.50. The van der Waals surface area contributed by atoms with Crippen LogP contribution in [0.25, 0.3) is 17.2 Å². The van der Waals surface area contributed by atoms with Crippen molar-refractivity contribution in [3.63, 3.8) is 0 Å². The molecule has 0 aliphatic heterocycles. The van der Waals surface area contributed by atoms with E-state index in [-0.39, 0.29) is 10.8 Å². The van der Waals surface area contributed by atoms with E-state index in [0.717, 1.165) is 19.3 Å². The van der Waals surface area contributed by atoms with Crippen LogP contribution in [0.15, 0.2) is 35.9 Å². The van der Waals surface area contributed by atoms with Crippen molar-refractivity contribution < 1.29 is 19.4 Å². The first-order valence-corrected chi connectivity index (χ1v) is 19.3. The third-order valence-electron chi connectivity index (χ3n) is 6.47. The van der Waals surface area contributed by atoms with Crippen LogP contribution in [0.4, 0.5) is 0 Å². The Labute approximate surface area is 205 Å². The molecule has 167 valence electrons. The molecule has 0 saturated heterocycles. The quantitative estimate of drug-likeness (QED) is 0.357. The predicted molar refractivity (Wildman–Crippen MR) is 136 cm³/mol. The SMILES string of the molecule is CCCC1=Cc2c(ccc(CC)c2-c2cc(C(C)(C)C)cc(C(C)(C)C)c2)[CH]1[Zr]([Cl])[Cl]. The van der Waals surface area contributed by atoms with Gasteiger partial charge in [-0.1, -0.05) is 0 Å². The molecule has 0 heterocycles. The standard InChI is InChI=1S/C28H37.2ClH.Zr/c1-9-11-19-14-21-13-12-20(10-2)26(25(21)15-19)22-16-23(27(3,4)5)18-24(17-22)28(6,7)8;;;/h12-18H,9-11H2,1-8H3;2*1H;/q;;;+2/p-2. The first-order valence-electron chi connectivity index (χ1n) is 11.6. The molecular weight excluding hydrogens is 498 g/mol. The zero-order valence-corrected chi connectivity index (χ0v) is 24.4. The number of rotatable bonds is 5. The zero-order valence-electron chi connectivity index (χ0n) is 20.4. The van der Waals surface area contributed by atoms with Gasteiger partial charge in [-0.05, 0) is 0 Å². The molecule has 1 atom stereocenters. The van der Waals surface area contributed by atoms with E-state index in [2.05, 4.69) is 91.8 Å². The van der Waals surface area contributed by atoms with Crippen LogP contribution >= 0.6 is 17.0 Å². The summed E-state index contributed by atoms with van der Waals surface area (Å²) in [5.74, 6) is 0. The van der Waals surface area contributed by atoms with Gasteiger partial charge in [0, 0.05) is 0 Å². The van der Waals surface area contributed by atoms with Crippen LogP contribution in [-0.4, -0.2) is 0 Å². The van der Waals surface area contributed by atoms with Crippen molar-refractivity contribution in [3.05, 3.63) is 63.7 Å². The molecule has 0 radical (unpaired) electrons. The van der Waals surface area contributed by atoms with Crippen molar-refractivity contribution in [1.29, 1.82) is 0 Å². The molecule has 31 heavy (non-hydrogen) atoms. The van der Waals surface area contributed by atoms with E-state index in [4.69, 9.17) is 17.0 Å². The summed E-state index contributed by atoms with van der Waals surface area (Å²) < 4.78 is 0.290. The third-order valence-corrected chi connectivity index (χ3v) is 11.8. The van der Waals surface area contributed by atoms with Gasteiger partial charge in [-0.15, -0.1) is 0 Å². The summed E-state index contributed by atoms with van der Waals surface area (Å²) in [6.45, 7) is 18.4. The maximum absolute atomic E-state index is 6.71. The van der Waals surface area contributed by atoms with E-state index >= 15 is 0 Å². The Morgan fingerprint density at radius 2 is 1.45 bits per heavy atom. The molecule has 3 rings (SSSR count). The summed E-state index contributed by atoms with van der Waals surface area (Å²) >= 11 is -2.50. The van der Waals surface area contributed by atoms with Crippen molar-refractivity contribution in [2.45, 2.75) is 89.1 Å². The van der Waals surface area contributed by atoms with Crippen molar-refractivity contribution in [1.82, 2.24) is 0 Å². The van der Waals surface area contributed by atoms with E-state index in [9.17, 15) is 0 Å². The first kappa shape index (κ1) is 25.3. The Kier molecular flexibility index (Phi) is 7.73. The second kappa shape index (κ2) is 9.48.